The molecule has 3 aromatic rings. The average molecular weight is 463 g/mol. The summed E-state index contributed by atoms with van der Waals surface area (Å²) in [5, 5.41) is 5.39. The third kappa shape index (κ3) is 7.37. The molecule has 0 bridgehead atoms. The summed E-state index contributed by atoms with van der Waals surface area (Å²) in [5.74, 6) is -0.375. The molecule has 0 aliphatic heterocycles. The van der Waals surface area contributed by atoms with Crippen LogP contribution in [0.25, 0.3) is 0 Å². The lowest BCUT2D eigenvalue weighted by Gasteiger charge is -2.09. The molecule has 8 nitrogen and oxygen atoms in total. The van der Waals surface area contributed by atoms with Crippen molar-refractivity contribution >= 4 is 29.2 Å². The molecule has 0 aliphatic carbocycles. The monoisotopic (exact) mass is 462 g/mol. The van der Waals surface area contributed by atoms with Crippen LogP contribution in [-0.2, 0) is 20.7 Å². The van der Waals surface area contributed by atoms with Crippen molar-refractivity contribution in [3.05, 3.63) is 83.9 Å². The zero-order chi connectivity index (χ0) is 24.3. The van der Waals surface area contributed by atoms with Gasteiger partial charge in [0.2, 0.25) is 0 Å². The molecule has 0 spiro atoms. The second kappa shape index (κ2) is 12.1. The summed E-state index contributed by atoms with van der Waals surface area (Å²) in [6.07, 6.45) is 0.909. The summed E-state index contributed by atoms with van der Waals surface area (Å²) < 4.78 is 15.6. The van der Waals surface area contributed by atoms with Gasteiger partial charge >= 0.3 is 5.97 Å². The Bertz CT molecular complexity index is 1130. The number of carbonyl (C=O) groups excluding carboxylic acids is 3. The number of amides is 2. The molecule has 0 atom stereocenters. The fourth-order valence-corrected chi connectivity index (χ4v) is 2.97. The van der Waals surface area contributed by atoms with Gasteiger partial charge in [0.1, 0.15) is 11.5 Å². The molecular weight excluding hydrogens is 436 g/mol. The fourth-order valence-electron chi connectivity index (χ4n) is 2.97. The summed E-state index contributed by atoms with van der Waals surface area (Å²) in [6, 6.07) is 20.5. The maximum atomic E-state index is 12.2. The summed E-state index contributed by atoms with van der Waals surface area (Å²) >= 11 is 0. The van der Waals surface area contributed by atoms with Gasteiger partial charge in [-0.25, -0.2) is 4.79 Å². The quantitative estimate of drug-likeness (QED) is 0.440. The van der Waals surface area contributed by atoms with Crippen LogP contribution in [-0.4, -0.2) is 38.1 Å². The first-order chi connectivity index (χ1) is 16.5. The van der Waals surface area contributed by atoms with Gasteiger partial charge in [-0.2, -0.15) is 0 Å². The van der Waals surface area contributed by atoms with Gasteiger partial charge < -0.3 is 24.8 Å². The Hall–Kier alpha value is -4.33. The van der Waals surface area contributed by atoms with E-state index in [9.17, 15) is 14.4 Å². The Morgan fingerprint density at radius 3 is 2.12 bits per heavy atom. The molecule has 2 amide bonds. The van der Waals surface area contributed by atoms with Crippen molar-refractivity contribution in [3.63, 3.8) is 0 Å². The third-order valence-electron chi connectivity index (χ3n) is 4.79. The van der Waals surface area contributed by atoms with Crippen molar-refractivity contribution < 1.29 is 28.6 Å². The average Bonchev–Trinajstić information content (AvgIpc) is 2.87. The molecule has 176 valence electrons. The Morgan fingerprint density at radius 2 is 1.44 bits per heavy atom. The number of nitrogens with one attached hydrogen (secondary N) is 2. The number of rotatable bonds is 10. The molecule has 0 heterocycles. The standard InChI is InChI=1S/C26H26N2O6/c1-3-18-7-11-20(12-8-18)27-25(30)17-34-26(31)19-9-13-22(14-10-19)33-16-24(29)28-21-5-4-6-23(15-21)32-2/h4-15H,3,16-17H2,1-2H3,(H,27,30)(H,28,29). The van der Waals surface area contributed by atoms with Crippen molar-refractivity contribution in [2.24, 2.45) is 0 Å². The highest BCUT2D eigenvalue weighted by Gasteiger charge is 2.11. The van der Waals surface area contributed by atoms with E-state index in [-0.39, 0.29) is 18.1 Å². The first kappa shape index (κ1) is 24.3. The van der Waals surface area contributed by atoms with Crippen molar-refractivity contribution in [2.75, 3.05) is 31.0 Å². The molecule has 3 aromatic carbocycles. The molecule has 0 aliphatic rings. The topological polar surface area (TPSA) is 103 Å². The summed E-state index contributed by atoms with van der Waals surface area (Å²) in [5.41, 5.74) is 2.64. The predicted octanol–water partition coefficient (Wildman–Crippen LogP) is 4.07. The van der Waals surface area contributed by atoms with E-state index in [4.69, 9.17) is 14.2 Å². The van der Waals surface area contributed by atoms with Crippen LogP contribution in [0.1, 0.15) is 22.8 Å². The van der Waals surface area contributed by atoms with Gasteiger partial charge in [-0.1, -0.05) is 25.1 Å². The molecule has 3 rings (SSSR count). The van der Waals surface area contributed by atoms with Gasteiger partial charge in [0, 0.05) is 17.4 Å². The highest BCUT2D eigenvalue weighted by molar-refractivity contribution is 5.95. The molecule has 0 unspecified atom stereocenters. The van der Waals surface area contributed by atoms with Crippen LogP contribution in [0.5, 0.6) is 11.5 Å². The molecule has 34 heavy (non-hydrogen) atoms. The smallest absolute Gasteiger partial charge is 0.338 e. The number of ether oxygens (including phenoxy) is 3. The van der Waals surface area contributed by atoms with E-state index in [2.05, 4.69) is 10.6 Å². The van der Waals surface area contributed by atoms with Gasteiger partial charge in [-0.3, -0.25) is 9.59 Å². The number of benzene rings is 3. The highest BCUT2D eigenvalue weighted by Crippen LogP contribution is 2.17. The zero-order valence-electron chi connectivity index (χ0n) is 19.0. The molecule has 0 fully saturated rings. The lowest BCUT2D eigenvalue weighted by Crippen LogP contribution is -2.21. The fraction of sp³-hybridized carbons (Fsp3) is 0.192. The van der Waals surface area contributed by atoms with Gasteiger partial charge in [-0.05, 0) is 60.5 Å². The van der Waals surface area contributed by atoms with Gasteiger partial charge in [0.05, 0.1) is 12.7 Å². The second-order valence-corrected chi connectivity index (χ2v) is 7.27. The number of methoxy groups -OCH3 is 1. The van der Waals surface area contributed by atoms with Crippen LogP contribution < -0.4 is 20.1 Å². The van der Waals surface area contributed by atoms with Crippen LogP contribution in [0.4, 0.5) is 11.4 Å². The minimum absolute atomic E-state index is 0.208. The number of carbonyl (C=O) groups is 3. The summed E-state index contributed by atoms with van der Waals surface area (Å²) in [4.78, 5) is 36.3. The van der Waals surface area contributed by atoms with Crippen molar-refractivity contribution in [3.8, 4) is 11.5 Å². The Kier molecular flexibility index (Phi) is 8.62. The van der Waals surface area contributed by atoms with E-state index in [1.807, 2.05) is 19.1 Å². The highest BCUT2D eigenvalue weighted by atomic mass is 16.5. The third-order valence-corrected chi connectivity index (χ3v) is 4.79. The Balaban J connectivity index is 1.42. The first-order valence-corrected chi connectivity index (χ1v) is 10.7. The molecule has 0 radical (unpaired) electrons. The first-order valence-electron chi connectivity index (χ1n) is 10.7. The van der Waals surface area contributed by atoms with E-state index >= 15 is 0 Å². The molecule has 0 saturated carbocycles. The van der Waals surface area contributed by atoms with Gasteiger partial charge in [-0.15, -0.1) is 0 Å². The van der Waals surface area contributed by atoms with Crippen LogP contribution >= 0.6 is 0 Å². The molecule has 2 N–H and O–H groups in total. The number of hydrogen-bond donors (Lipinski definition) is 2. The number of anilines is 2. The lowest BCUT2D eigenvalue weighted by molar-refractivity contribution is -0.119. The summed E-state index contributed by atoms with van der Waals surface area (Å²) in [6.45, 7) is 1.43. The molecule has 0 aromatic heterocycles. The van der Waals surface area contributed by atoms with E-state index < -0.39 is 18.5 Å². The summed E-state index contributed by atoms with van der Waals surface area (Å²) in [7, 11) is 1.55. The largest absolute Gasteiger partial charge is 0.497 e. The second-order valence-electron chi connectivity index (χ2n) is 7.27. The Labute approximate surface area is 197 Å². The zero-order valence-corrected chi connectivity index (χ0v) is 19.0. The normalized spacial score (nSPS) is 10.2. The molecule has 8 heteroatoms. The van der Waals surface area contributed by atoms with E-state index in [1.165, 1.54) is 12.1 Å². The minimum Gasteiger partial charge on any atom is -0.497 e. The van der Waals surface area contributed by atoms with Crippen LogP contribution in [0.3, 0.4) is 0 Å². The Morgan fingerprint density at radius 1 is 0.765 bits per heavy atom. The van der Waals surface area contributed by atoms with E-state index in [1.54, 1.807) is 55.6 Å². The van der Waals surface area contributed by atoms with Gasteiger partial charge in [0.15, 0.2) is 13.2 Å². The number of aryl methyl sites for hydroxylation is 1. The maximum absolute atomic E-state index is 12.2. The van der Waals surface area contributed by atoms with Crippen molar-refractivity contribution in [1.29, 1.82) is 0 Å². The van der Waals surface area contributed by atoms with Gasteiger partial charge in [0.25, 0.3) is 11.8 Å². The van der Waals surface area contributed by atoms with Crippen LogP contribution in [0, 0.1) is 0 Å². The van der Waals surface area contributed by atoms with Crippen molar-refractivity contribution in [2.45, 2.75) is 13.3 Å². The number of esters is 1. The predicted molar refractivity (Wildman–Crippen MR) is 128 cm³/mol. The van der Waals surface area contributed by atoms with Crippen LogP contribution in [0.15, 0.2) is 72.8 Å². The number of hydrogen-bond acceptors (Lipinski definition) is 6. The SMILES string of the molecule is CCc1ccc(NC(=O)COC(=O)c2ccc(OCC(=O)Nc3cccc(OC)c3)cc2)cc1. The lowest BCUT2D eigenvalue weighted by atomic mass is 10.1. The van der Waals surface area contributed by atoms with Crippen molar-refractivity contribution in [1.82, 2.24) is 0 Å². The van der Waals surface area contributed by atoms with Crippen LogP contribution in [0.2, 0.25) is 0 Å². The van der Waals surface area contributed by atoms with E-state index in [0.29, 0.717) is 22.9 Å². The molecule has 0 saturated heterocycles. The van der Waals surface area contributed by atoms with E-state index in [0.717, 1.165) is 12.0 Å². The maximum Gasteiger partial charge on any atom is 0.338 e. The minimum atomic E-state index is -0.640. The molecular formula is C26H26N2O6.